The maximum absolute atomic E-state index is 11.1. The summed E-state index contributed by atoms with van der Waals surface area (Å²) < 4.78 is 0. The smallest absolute Gasteiger partial charge is 0.235 e. The van der Waals surface area contributed by atoms with Crippen LogP contribution < -0.4 is 5.32 Å². The largest absolute Gasteiger partial charge is 0.315 e. The number of aromatic nitrogens is 1. The summed E-state index contributed by atoms with van der Waals surface area (Å²) >= 11 is 2.96. The van der Waals surface area contributed by atoms with Gasteiger partial charge in [0.05, 0.1) is 17.0 Å². The molecule has 0 saturated heterocycles. The summed E-state index contributed by atoms with van der Waals surface area (Å²) in [5, 5.41) is 3.64. The number of carbonyl (C=O) groups is 1. The molecule has 1 N–H and O–H groups in total. The molecule has 0 aliphatic carbocycles. The van der Waals surface area contributed by atoms with Crippen LogP contribution in [0.15, 0.2) is 5.51 Å². The zero-order valence-corrected chi connectivity index (χ0v) is 8.59. The van der Waals surface area contributed by atoms with E-state index in [9.17, 15) is 4.79 Å². The minimum atomic E-state index is 0.0369. The average Bonchev–Trinajstić information content (AvgIpc) is 2.37. The molecule has 1 heterocycles. The summed E-state index contributed by atoms with van der Waals surface area (Å²) in [4.78, 5) is 15.1. The fourth-order valence-corrected chi connectivity index (χ4v) is 1.76. The van der Waals surface area contributed by atoms with Crippen molar-refractivity contribution in [3.05, 3.63) is 11.2 Å². The van der Waals surface area contributed by atoms with E-state index in [1.54, 1.807) is 5.51 Å². The number of thiazole rings is 1. The number of carbonyl (C=O) groups excluding carboxylic acids is 1. The molecule has 0 aliphatic rings. The Kier molecular flexibility index (Phi) is 3.55. The maximum Gasteiger partial charge on any atom is 0.235 e. The minimum Gasteiger partial charge on any atom is -0.315 e. The number of aryl methyl sites for hydroxylation is 1. The van der Waals surface area contributed by atoms with E-state index in [0.29, 0.717) is 5.75 Å². The first kappa shape index (κ1) is 9.54. The van der Waals surface area contributed by atoms with E-state index in [4.69, 9.17) is 0 Å². The fourth-order valence-electron chi connectivity index (χ4n) is 0.716. The van der Waals surface area contributed by atoms with E-state index in [1.807, 2.05) is 13.2 Å². The SMILES string of the molecule is CSCC(=O)Nc1scnc1C. The lowest BCUT2D eigenvalue weighted by molar-refractivity contribution is -0.113. The molecule has 1 amide bonds. The molecular weight excluding hydrogens is 192 g/mol. The van der Waals surface area contributed by atoms with Gasteiger partial charge in [0.15, 0.2) is 0 Å². The first-order valence-corrected chi connectivity index (χ1v) is 5.70. The average molecular weight is 202 g/mol. The summed E-state index contributed by atoms with van der Waals surface area (Å²) in [6.45, 7) is 1.88. The number of thioether (sulfide) groups is 1. The summed E-state index contributed by atoms with van der Waals surface area (Å²) in [6, 6.07) is 0. The molecule has 0 unspecified atom stereocenters. The van der Waals surface area contributed by atoms with Crippen molar-refractivity contribution in [3.8, 4) is 0 Å². The van der Waals surface area contributed by atoms with Crippen molar-refractivity contribution in [1.82, 2.24) is 4.98 Å². The van der Waals surface area contributed by atoms with Crippen LogP contribution in [0.3, 0.4) is 0 Å². The molecule has 3 nitrogen and oxygen atoms in total. The molecule has 0 spiro atoms. The second-order valence-electron chi connectivity index (χ2n) is 2.25. The van der Waals surface area contributed by atoms with E-state index >= 15 is 0 Å². The number of hydrogen-bond acceptors (Lipinski definition) is 4. The maximum atomic E-state index is 11.1. The molecule has 0 saturated carbocycles. The molecule has 12 heavy (non-hydrogen) atoms. The molecular formula is C7H10N2OS2. The van der Waals surface area contributed by atoms with Crippen molar-refractivity contribution in [1.29, 1.82) is 0 Å². The molecule has 1 rings (SSSR count). The van der Waals surface area contributed by atoms with Gasteiger partial charge in [0, 0.05) is 0 Å². The quantitative estimate of drug-likeness (QED) is 0.812. The Hall–Kier alpha value is -0.550. The lowest BCUT2D eigenvalue weighted by Crippen LogP contribution is -2.13. The predicted molar refractivity (Wildman–Crippen MR) is 53.9 cm³/mol. The monoisotopic (exact) mass is 202 g/mol. The van der Waals surface area contributed by atoms with Crippen molar-refractivity contribution in [2.24, 2.45) is 0 Å². The summed E-state index contributed by atoms with van der Waals surface area (Å²) in [5.74, 6) is 0.534. The van der Waals surface area contributed by atoms with Crippen LogP contribution in [-0.4, -0.2) is 22.9 Å². The van der Waals surface area contributed by atoms with Crippen molar-refractivity contribution in [3.63, 3.8) is 0 Å². The second kappa shape index (κ2) is 4.47. The van der Waals surface area contributed by atoms with Gasteiger partial charge in [0.25, 0.3) is 0 Å². The Bertz CT molecular complexity index is 272. The highest BCUT2D eigenvalue weighted by Gasteiger charge is 2.04. The van der Waals surface area contributed by atoms with Gasteiger partial charge in [-0.1, -0.05) is 0 Å². The molecule has 1 aromatic heterocycles. The van der Waals surface area contributed by atoms with Gasteiger partial charge in [0.2, 0.25) is 5.91 Å². The van der Waals surface area contributed by atoms with Crippen molar-refractivity contribution in [2.45, 2.75) is 6.92 Å². The van der Waals surface area contributed by atoms with Gasteiger partial charge in [-0.3, -0.25) is 4.79 Å². The van der Waals surface area contributed by atoms with Gasteiger partial charge in [-0.05, 0) is 13.2 Å². The van der Waals surface area contributed by atoms with Crippen LogP contribution in [0.5, 0.6) is 0 Å². The summed E-state index contributed by atoms with van der Waals surface area (Å²) in [7, 11) is 0. The van der Waals surface area contributed by atoms with E-state index in [-0.39, 0.29) is 5.91 Å². The van der Waals surface area contributed by atoms with Gasteiger partial charge in [-0.15, -0.1) is 11.3 Å². The Morgan fingerprint density at radius 1 is 1.83 bits per heavy atom. The van der Waals surface area contributed by atoms with Crippen molar-refractivity contribution < 1.29 is 4.79 Å². The lowest BCUT2D eigenvalue weighted by Gasteiger charge is -2.00. The summed E-state index contributed by atoms with van der Waals surface area (Å²) in [6.07, 6.45) is 1.90. The van der Waals surface area contributed by atoms with Crippen LogP contribution in [-0.2, 0) is 4.79 Å². The topological polar surface area (TPSA) is 42.0 Å². The number of nitrogens with zero attached hydrogens (tertiary/aromatic N) is 1. The molecule has 0 aliphatic heterocycles. The van der Waals surface area contributed by atoms with Crippen LogP contribution in [0.2, 0.25) is 0 Å². The Labute approximate surface area is 79.6 Å². The third-order valence-electron chi connectivity index (χ3n) is 1.27. The van der Waals surface area contributed by atoms with E-state index in [2.05, 4.69) is 10.3 Å². The first-order chi connectivity index (χ1) is 5.74. The molecule has 0 radical (unpaired) electrons. The minimum absolute atomic E-state index is 0.0369. The van der Waals surface area contributed by atoms with Crippen LogP contribution in [0, 0.1) is 6.92 Å². The highest BCUT2D eigenvalue weighted by atomic mass is 32.2. The normalized spacial score (nSPS) is 9.83. The Morgan fingerprint density at radius 2 is 2.58 bits per heavy atom. The van der Waals surface area contributed by atoms with E-state index < -0.39 is 0 Å². The van der Waals surface area contributed by atoms with Crippen LogP contribution in [0.1, 0.15) is 5.69 Å². The van der Waals surface area contributed by atoms with Gasteiger partial charge in [-0.25, -0.2) is 4.98 Å². The highest BCUT2D eigenvalue weighted by Crippen LogP contribution is 2.18. The van der Waals surface area contributed by atoms with Gasteiger partial charge < -0.3 is 5.32 Å². The molecule has 0 bridgehead atoms. The molecule has 5 heteroatoms. The number of rotatable bonds is 3. The van der Waals surface area contributed by atoms with E-state index in [0.717, 1.165) is 10.7 Å². The van der Waals surface area contributed by atoms with Crippen LogP contribution in [0.4, 0.5) is 5.00 Å². The molecule has 0 aromatic carbocycles. The zero-order chi connectivity index (χ0) is 8.97. The molecule has 0 atom stereocenters. The van der Waals surface area contributed by atoms with Crippen molar-refractivity contribution >= 4 is 34.0 Å². The van der Waals surface area contributed by atoms with Crippen LogP contribution >= 0.6 is 23.1 Å². The molecule has 0 fully saturated rings. The summed E-state index contributed by atoms with van der Waals surface area (Å²) in [5.41, 5.74) is 2.61. The highest BCUT2D eigenvalue weighted by molar-refractivity contribution is 7.99. The number of hydrogen-bond donors (Lipinski definition) is 1. The second-order valence-corrected chi connectivity index (χ2v) is 3.97. The van der Waals surface area contributed by atoms with Gasteiger partial charge in [-0.2, -0.15) is 11.8 Å². The lowest BCUT2D eigenvalue weighted by atomic mass is 10.5. The van der Waals surface area contributed by atoms with E-state index in [1.165, 1.54) is 23.1 Å². The zero-order valence-electron chi connectivity index (χ0n) is 6.96. The third-order valence-corrected chi connectivity index (χ3v) is 2.67. The molecule has 1 aromatic rings. The van der Waals surface area contributed by atoms with Gasteiger partial charge >= 0.3 is 0 Å². The Balaban J connectivity index is 2.52. The fraction of sp³-hybridized carbons (Fsp3) is 0.429. The first-order valence-electron chi connectivity index (χ1n) is 3.43. The number of anilines is 1. The number of nitrogens with one attached hydrogen (secondary N) is 1. The molecule has 66 valence electrons. The standard InChI is InChI=1S/C7H10N2OS2/c1-5-7(12-4-8-5)9-6(10)3-11-2/h4H,3H2,1-2H3,(H,9,10). The Morgan fingerprint density at radius 3 is 3.08 bits per heavy atom. The predicted octanol–water partition coefficient (Wildman–Crippen LogP) is 1.75. The van der Waals surface area contributed by atoms with Crippen molar-refractivity contribution in [2.75, 3.05) is 17.3 Å². The third kappa shape index (κ3) is 2.49. The number of amides is 1. The van der Waals surface area contributed by atoms with Crippen LogP contribution in [0.25, 0.3) is 0 Å². The van der Waals surface area contributed by atoms with Gasteiger partial charge in [0.1, 0.15) is 5.00 Å².